The van der Waals surface area contributed by atoms with Crippen molar-refractivity contribution in [2.45, 2.75) is 26.8 Å². The van der Waals surface area contributed by atoms with Crippen LogP contribution in [0.15, 0.2) is 51.7 Å². The Labute approximate surface area is 185 Å². The van der Waals surface area contributed by atoms with E-state index in [9.17, 15) is 19.7 Å². The minimum absolute atomic E-state index is 0.0276. The molecule has 1 aliphatic heterocycles. The molecule has 2 aromatic carbocycles. The zero-order chi connectivity index (χ0) is 22.7. The van der Waals surface area contributed by atoms with Crippen LogP contribution in [-0.4, -0.2) is 15.8 Å². The average molecular weight is 447 g/mol. The molecule has 8 nitrogen and oxygen atoms in total. The minimum Gasteiger partial charge on any atom is -0.450 e. The van der Waals surface area contributed by atoms with Crippen LogP contribution in [0.5, 0.6) is 0 Å². The van der Waals surface area contributed by atoms with E-state index in [4.69, 9.17) is 4.42 Å². The van der Waals surface area contributed by atoms with Gasteiger partial charge in [-0.15, -0.1) is 11.3 Å². The molecule has 0 saturated carbocycles. The van der Waals surface area contributed by atoms with E-state index in [1.807, 2.05) is 26.8 Å². The molecule has 0 fully saturated rings. The van der Waals surface area contributed by atoms with Crippen LogP contribution in [0.25, 0.3) is 11.0 Å². The van der Waals surface area contributed by atoms with Gasteiger partial charge >= 0.3 is 0 Å². The summed E-state index contributed by atoms with van der Waals surface area (Å²) >= 11 is 1.35. The fraction of sp³-hybridized carbons (Fsp3) is 0.174. The summed E-state index contributed by atoms with van der Waals surface area (Å²) < 4.78 is 5.93. The van der Waals surface area contributed by atoms with Crippen molar-refractivity contribution in [2.75, 3.05) is 4.90 Å². The predicted molar refractivity (Wildman–Crippen MR) is 121 cm³/mol. The Hall–Kier alpha value is -3.85. The molecule has 32 heavy (non-hydrogen) atoms. The number of nitrogens with zero attached hydrogens (tertiary/aromatic N) is 3. The van der Waals surface area contributed by atoms with E-state index in [1.165, 1.54) is 28.4 Å². The van der Waals surface area contributed by atoms with Crippen molar-refractivity contribution in [3.63, 3.8) is 0 Å². The number of fused-ring (bicyclic) bond motifs is 2. The summed E-state index contributed by atoms with van der Waals surface area (Å²) in [6, 6.07) is 10.3. The molecule has 160 valence electrons. The first kappa shape index (κ1) is 20.1. The fourth-order valence-electron chi connectivity index (χ4n) is 3.94. The SMILES string of the molecule is Cc1ccc2oc3c(c(=O)c2c1)[C@H](c1ccc([N+](=O)[O-])cc1)N(c1nc(C)c(C)s1)C3=O. The number of amides is 1. The molecule has 2 aromatic heterocycles. The number of nitro benzene ring substituents is 1. The van der Waals surface area contributed by atoms with Crippen molar-refractivity contribution >= 4 is 39.0 Å². The van der Waals surface area contributed by atoms with Crippen molar-refractivity contribution < 1.29 is 14.1 Å². The third-order valence-electron chi connectivity index (χ3n) is 5.67. The number of aromatic nitrogens is 1. The number of thiazole rings is 1. The van der Waals surface area contributed by atoms with Gasteiger partial charge in [-0.1, -0.05) is 11.6 Å². The molecule has 0 radical (unpaired) electrons. The van der Waals surface area contributed by atoms with Crippen LogP contribution in [0.1, 0.15) is 43.9 Å². The maximum absolute atomic E-state index is 13.6. The van der Waals surface area contributed by atoms with E-state index in [2.05, 4.69) is 4.98 Å². The molecular weight excluding hydrogens is 430 g/mol. The Morgan fingerprint density at radius 2 is 1.81 bits per heavy atom. The molecule has 5 rings (SSSR count). The summed E-state index contributed by atoms with van der Waals surface area (Å²) in [6.45, 7) is 5.63. The lowest BCUT2D eigenvalue weighted by molar-refractivity contribution is -0.384. The number of hydrogen-bond donors (Lipinski definition) is 0. The lowest BCUT2D eigenvalue weighted by atomic mass is 9.98. The Bertz CT molecular complexity index is 1470. The number of aryl methyl sites for hydroxylation is 3. The van der Waals surface area contributed by atoms with E-state index in [-0.39, 0.29) is 22.4 Å². The molecular formula is C23H17N3O5S. The lowest BCUT2D eigenvalue weighted by Gasteiger charge is -2.22. The second-order valence-electron chi connectivity index (χ2n) is 7.74. The molecule has 1 atom stereocenters. The van der Waals surface area contributed by atoms with Gasteiger partial charge in [0.2, 0.25) is 5.76 Å². The first-order valence-electron chi connectivity index (χ1n) is 9.85. The minimum atomic E-state index is -0.801. The Morgan fingerprint density at radius 3 is 2.44 bits per heavy atom. The first-order valence-corrected chi connectivity index (χ1v) is 10.7. The van der Waals surface area contributed by atoms with Gasteiger partial charge in [-0.2, -0.15) is 0 Å². The van der Waals surface area contributed by atoms with Gasteiger partial charge in [0.05, 0.1) is 27.6 Å². The molecule has 0 spiro atoms. The predicted octanol–water partition coefficient (Wildman–Crippen LogP) is 4.83. The molecule has 0 saturated heterocycles. The maximum atomic E-state index is 13.6. The highest BCUT2D eigenvalue weighted by molar-refractivity contribution is 7.15. The van der Waals surface area contributed by atoms with E-state index < -0.39 is 16.9 Å². The summed E-state index contributed by atoms with van der Waals surface area (Å²) in [7, 11) is 0. The van der Waals surface area contributed by atoms with Crippen molar-refractivity contribution in [1.82, 2.24) is 4.98 Å². The topological polar surface area (TPSA) is 107 Å². The maximum Gasteiger partial charge on any atom is 0.297 e. The number of benzene rings is 2. The van der Waals surface area contributed by atoms with Crippen LogP contribution in [0, 0.1) is 30.9 Å². The highest BCUT2D eigenvalue weighted by Gasteiger charge is 2.45. The van der Waals surface area contributed by atoms with E-state index in [1.54, 1.807) is 24.3 Å². The number of non-ortho nitro benzene ring substituents is 1. The number of carbonyl (C=O) groups excluding carboxylic acids is 1. The Balaban J connectivity index is 1.79. The van der Waals surface area contributed by atoms with Gasteiger partial charge in [-0.3, -0.25) is 24.6 Å². The van der Waals surface area contributed by atoms with Crippen LogP contribution in [0.3, 0.4) is 0 Å². The molecule has 1 aliphatic rings. The quantitative estimate of drug-likeness (QED) is 0.329. The number of hydrogen-bond acceptors (Lipinski definition) is 7. The second-order valence-corrected chi connectivity index (χ2v) is 8.92. The Kier molecular flexibility index (Phi) is 4.45. The van der Waals surface area contributed by atoms with Gasteiger partial charge in [0.1, 0.15) is 5.58 Å². The summed E-state index contributed by atoms with van der Waals surface area (Å²) in [5.41, 5.74) is 2.42. The smallest absolute Gasteiger partial charge is 0.297 e. The number of rotatable bonds is 3. The van der Waals surface area contributed by atoms with Gasteiger partial charge < -0.3 is 4.42 Å². The zero-order valence-electron chi connectivity index (χ0n) is 17.4. The molecule has 9 heteroatoms. The van der Waals surface area contributed by atoms with Crippen LogP contribution >= 0.6 is 11.3 Å². The van der Waals surface area contributed by atoms with Gasteiger partial charge in [0.15, 0.2) is 10.6 Å². The van der Waals surface area contributed by atoms with Crippen molar-refractivity contribution in [1.29, 1.82) is 0 Å². The van der Waals surface area contributed by atoms with Crippen LogP contribution in [-0.2, 0) is 0 Å². The van der Waals surface area contributed by atoms with Crippen LogP contribution < -0.4 is 10.3 Å². The summed E-state index contributed by atoms with van der Waals surface area (Å²) in [4.78, 5) is 44.6. The molecule has 0 bridgehead atoms. The fourth-order valence-corrected chi connectivity index (χ4v) is 4.87. The van der Waals surface area contributed by atoms with E-state index in [0.29, 0.717) is 21.7 Å². The molecule has 4 aromatic rings. The monoisotopic (exact) mass is 447 g/mol. The van der Waals surface area contributed by atoms with Crippen LogP contribution in [0.2, 0.25) is 0 Å². The van der Waals surface area contributed by atoms with E-state index in [0.717, 1.165) is 16.1 Å². The molecule has 0 aliphatic carbocycles. The van der Waals surface area contributed by atoms with Crippen LogP contribution in [0.4, 0.5) is 10.8 Å². The van der Waals surface area contributed by atoms with Gasteiger partial charge in [0.25, 0.3) is 11.6 Å². The third-order valence-corrected chi connectivity index (χ3v) is 6.74. The summed E-state index contributed by atoms with van der Waals surface area (Å²) in [5, 5.41) is 11.9. The van der Waals surface area contributed by atoms with E-state index >= 15 is 0 Å². The molecule has 1 amide bonds. The standard InChI is InChI=1S/C23H17N3O5S/c1-11-4-9-17-16(10-11)20(27)18-19(14-5-7-15(8-6-14)26(29)30)25(22(28)21(18)31-17)23-24-12(2)13(3)32-23/h4-10,19H,1-3H3/t19-/m0/s1. The largest absolute Gasteiger partial charge is 0.450 e. The van der Waals surface area contributed by atoms with Crippen molar-refractivity contribution in [3.8, 4) is 0 Å². The number of carbonyl (C=O) groups is 1. The Morgan fingerprint density at radius 1 is 1.09 bits per heavy atom. The summed E-state index contributed by atoms with van der Waals surface area (Å²) in [5.74, 6) is -0.489. The van der Waals surface area contributed by atoms with Gasteiger partial charge in [0, 0.05) is 17.0 Å². The number of nitro groups is 1. The number of anilines is 1. The third kappa shape index (κ3) is 2.93. The van der Waals surface area contributed by atoms with Gasteiger partial charge in [-0.05, 0) is 50.6 Å². The normalized spacial score (nSPS) is 15.4. The zero-order valence-corrected chi connectivity index (χ0v) is 18.2. The molecule has 3 heterocycles. The molecule has 0 N–H and O–H groups in total. The van der Waals surface area contributed by atoms with Gasteiger partial charge in [-0.25, -0.2) is 4.98 Å². The second kappa shape index (κ2) is 7.10. The first-order chi connectivity index (χ1) is 15.3. The molecule has 0 unspecified atom stereocenters. The van der Waals surface area contributed by atoms with Crippen molar-refractivity contribution in [2.24, 2.45) is 0 Å². The average Bonchev–Trinajstić information content (AvgIpc) is 3.25. The van der Waals surface area contributed by atoms with Crippen molar-refractivity contribution in [3.05, 3.63) is 95.8 Å². The highest BCUT2D eigenvalue weighted by Crippen LogP contribution is 2.43. The summed E-state index contributed by atoms with van der Waals surface area (Å²) in [6.07, 6.45) is 0. The highest BCUT2D eigenvalue weighted by atomic mass is 32.1. The lowest BCUT2D eigenvalue weighted by Crippen LogP contribution is -2.29.